The third-order valence-corrected chi connectivity index (χ3v) is 4.92. The zero-order valence-electron chi connectivity index (χ0n) is 15.8. The summed E-state index contributed by atoms with van der Waals surface area (Å²) in [6.45, 7) is 3.82. The zero-order valence-corrected chi connectivity index (χ0v) is 15.8. The summed E-state index contributed by atoms with van der Waals surface area (Å²) in [6, 6.07) is 9.93. The Labute approximate surface area is 161 Å². The third kappa shape index (κ3) is 2.83. The van der Waals surface area contributed by atoms with Crippen LogP contribution in [0.25, 0.3) is 33.4 Å². The Morgan fingerprint density at radius 3 is 2.50 bits per heavy atom. The first-order valence-corrected chi connectivity index (χ1v) is 8.77. The summed E-state index contributed by atoms with van der Waals surface area (Å²) in [6.07, 6.45) is 6.56. The van der Waals surface area contributed by atoms with Crippen molar-refractivity contribution in [2.75, 3.05) is 0 Å². The summed E-state index contributed by atoms with van der Waals surface area (Å²) >= 11 is 0. The molecule has 0 atom stereocenters. The Morgan fingerprint density at radius 1 is 1.04 bits per heavy atom. The zero-order chi connectivity index (χ0) is 19.8. The average Bonchev–Trinajstić information content (AvgIpc) is 2.71. The van der Waals surface area contributed by atoms with Gasteiger partial charge in [-0.15, -0.1) is 0 Å². The van der Waals surface area contributed by atoms with Crippen LogP contribution in [0.3, 0.4) is 0 Å². The van der Waals surface area contributed by atoms with Crippen LogP contribution in [0.4, 0.5) is 0 Å². The summed E-state index contributed by atoms with van der Waals surface area (Å²) < 4.78 is 1.61. The van der Waals surface area contributed by atoms with Crippen LogP contribution in [0, 0.1) is 25.2 Å². The second-order valence-electron chi connectivity index (χ2n) is 6.75. The Morgan fingerprint density at radius 2 is 1.79 bits per heavy atom. The van der Waals surface area contributed by atoms with Gasteiger partial charge < -0.3 is 4.57 Å². The van der Waals surface area contributed by atoms with Gasteiger partial charge in [0.2, 0.25) is 0 Å². The SMILES string of the molecule is Cc1ccc2cc(-c3cnc(-c4cncc(C#N)c4C)nc3)n(C)c(=O)c2c1. The van der Waals surface area contributed by atoms with Gasteiger partial charge in [0, 0.05) is 48.3 Å². The van der Waals surface area contributed by atoms with E-state index < -0.39 is 0 Å². The normalized spacial score (nSPS) is 10.8. The molecule has 0 radical (unpaired) electrons. The monoisotopic (exact) mass is 367 g/mol. The topological polar surface area (TPSA) is 84.5 Å². The quantitative estimate of drug-likeness (QED) is 0.541. The molecule has 0 fully saturated rings. The van der Waals surface area contributed by atoms with Gasteiger partial charge in [0.25, 0.3) is 5.56 Å². The highest BCUT2D eigenvalue weighted by molar-refractivity contribution is 5.85. The molecule has 4 aromatic rings. The Bertz CT molecular complexity index is 1310. The molecule has 28 heavy (non-hydrogen) atoms. The van der Waals surface area contributed by atoms with Crippen molar-refractivity contribution in [2.45, 2.75) is 13.8 Å². The summed E-state index contributed by atoms with van der Waals surface area (Å²) in [7, 11) is 1.75. The van der Waals surface area contributed by atoms with Gasteiger partial charge in [-0.3, -0.25) is 9.78 Å². The molecule has 0 aliphatic rings. The highest BCUT2D eigenvalue weighted by atomic mass is 16.1. The van der Waals surface area contributed by atoms with Crippen LogP contribution in [0.2, 0.25) is 0 Å². The van der Waals surface area contributed by atoms with Crippen molar-refractivity contribution in [1.29, 1.82) is 5.26 Å². The molecular weight excluding hydrogens is 350 g/mol. The van der Waals surface area contributed by atoms with Gasteiger partial charge in [-0.1, -0.05) is 17.7 Å². The number of hydrogen-bond acceptors (Lipinski definition) is 5. The predicted octanol–water partition coefficient (Wildman–Crippen LogP) is 3.55. The molecule has 0 aliphatic carbocycles. The van der Waals surface area contributed by atoms with Crippen molar-refractivity contribution >= 4 is 10.8 Å². The number of aryl methyl sites for hydroxylation is 1. The fraction of sp³-hybridized carbons (Fsp3) is 0.136. The van der Waals surface area contributed by atoms with Crippen LogP contribution in [0.1, 0.15) is 16.7 Å². The van der Waals surface area contributed by atoms with E-state index in [1.807, 2.05) is 38.1 Å². The minimum absolute atomic E-state index is 0.0537. The van der Waals surface area contributed by atoms with E-state index >= 15 is 0 Å². The first-order chi connectivity index (χ1) is 13.5. The van der Waals surface area contributed by atoms with Crippen LogP contribution in [-0.4, -0.2) is 19.5 Å². The maximum absolute atomic E-state index is 12.8. The van der Waals surface area contributed by atoms with E-state index in [1.54, 1.807) is 30.2 Å². The number of rotatable bonds is 2. The lowest BCUT2D eigenvalue weighted by molar-refractivity contribution is 0.881. The molecule has 6 nitrogen and oxygen atoms in total. The lowest BCUT2D eigenvalue weighted by Crippen LogP contribution is -2.18. The summed E-state index contributed by atoms with van der Waals surface area (Å²) in [5.74, 6) is 0.493. The highest BCUT2D eigenvalue weighted by Gasteiger charge is 2.12. The maximum Gasteiger partial charge on any atom is 0.258 e. The molecule has 0 spiro atoms. The van der Waals surface area contributed by atoms with E-state index in [1.165, 1.54) is 6.20 Å². The fourth-order valence-electron chi connectivity index (χ4n) is 3.26. The molecule has 3 aromatic heterocycles. The Hall–Kier alpha value is -3.85. The summed E-state index contributed by atoms with van der Waals surface area (Å²) in [5, 5.41) is 10.8. The van der Waals surface area contributed by atoms with Crippen LogP contribution >= 0.6 is 0 Å². The van der Waals surface area contributed by atoms with Gasteiger partial charge in [0.05, 0.1) is 11.3 Å². The standard InChI is InChI=1S/C22H17N5O/c1-13-4-5-15-7-20(27(3)22(28)18(15)6-13)17-10-25-21(26-11-17)19-12-24-9-16(8-23)14(19)2/h4-7,9-12H,1-3H3. The van der Waals surface area contributed by atoms with E-state index in [9.17, 15) is 10.1 Å². The third-order valence-electron chi connectivity index (χ3n) is 4.92. The van der Waals surface area contributed by atoms with Crippen LogP contribution in [0.5, 0.6) is 0 Å². The van der Waals surface area contributed by atoms with Crippen molar-refractivity contribution in [3.8, 4) is 28.7 Å². The summed E-state index contributed by atoms with van der Waals surface area (Å²) in [4.78, 5) is 25.8. The first kappa shape index (κ1) is 17.6. The Kier molecular flexibility index (Phi) is 4.21. The number of aromatic nitrogens is 4. The lowest BCUT2D eigenvalue weighted by atomic mass is 10.1. The summed E-state index contributed by atoms with van der Waals surface area (Å²) in [5.41, 5.74) is 4.49. The Balaban J connectivity index is 1.82. The molecule has 136 valence electrons. The fourth-order valence-corrected chi connectivity index (χ4v) is 3.26. The predicted molar refractivity (Wildman–Crippen MR) is 108 cm³/mol. The smallest absolute Gasteiger partial charge is 0.258 e. The van der Waals surface area contributed by atoms with Crippen molar-refractivity contribution in [1.82, 2.24) is 19.5 Å². The molecule has 0 unspecified atom stereocenters. The van der Waals surface area contributed by atoms with E-state index in [0.29, 0.717) is 22.3 Å². The second kappa shape index (κ2) is 6.71. The van der Waals surface area contributed by atoms with E-state index in [-0.39, 0.29) is 5.56 Å². The second-order valence-corrected chi connectivity index (χ2v) is 6.75. The number of nitrogens with zero attached hydrogens (tertiary/aromatic N) is 5. The number of nitriles is 1. The van der Waals surface area contributed by atoms with Gasteiger partial charge in [0.1, 0.15) is 6.07 Å². The van der Waals surface area contributed by atoms with Gasteiger partial charge in [0.15, 0.2) is 5.82 Å². The lowest BCUT2D eigenvalue weighted by Gasteiger charge is -2.11. The molecule has 3 heterocycles. The van der Waals surface area contributed by atoms with Crippen molar-refractivity contribution in [3.63, 3.8) is 0 Å². The van der Waals surface area contributed by atoms with Crippen molar-refractivity contribution in [3.05, 3.63) is 76.1 Å². The highest BCUT2D eigenvalue weighted by Crippen LogP contribution is 2.24. The van der Waals surface area contributed by atoms with Crippen molar-refractivity contribution < 1.29 is 0 Å². The van der Waals surface area contributed by atoms with Gasteiger partial charge >= 0.3 is 0 Å². The maximum atomic E-state index is 12.8. The van der Waals surface area contributed by atoms with Crippen LogP contribution in [-0.2, 0) is 7.05 Å². The minimum atomic E-state index is -0.0537. The molecule has 0 saturated carbocycles. The molecule has 0 amide bonds. The largest absolute Gasteiger partial charge is 0.311 e. The number of benzene rings is 1. The van der Waals surface area contributed by atoms with Crippen LogP contribution < -0.4 is 5.56 Å². The van der Waals surface area contributed by atoms with E-state index in [2.05, 4.69) is 21.0 Å². The minimum Gasteiger partial charge on any atom is -0.311 e. The van der Waals surface area contributed by atoms with Gasteiger partial charge in [-0.05, 0) is 36.9 Å². The van der Waals surface area contributed by atoms with Crippen molar-refractivity contribution in [2.24, 2.45) is 7.05 Å². The van der Waals surface area contributed by atoms with Gasteiger partial charge in [-0.25, -0.2) is 9.97 Å². The van der Waals surface area contributed by atoms with E-state index in [0.717, 1.165) is 27.8 Å². The molecule has 0 N–H and O–H groups in total. The molecule has 0 saturated heterocycles. The molecule has 0 bridgehead atoms. The van der Waals surface area contributed by atoms with Crippen LogP contribution in [0.15, 0.2) is 53.8 Å². The molecular formula is C22H17N5O. The number of fused-ring (bicyclic) bond motifs is 1. The molecule has 6 heteroatoms. The number of hydrogen-bond donors (Lipinski definition) is 0. The molecule has 1 aromatic carbocycles. The molecule has 4 rings (SSSR count). The van der Waals surface area contributed by atoms with Gasteiger partial charge in [-0.2, -0.15) is 5.26 Å². The first-order valence-electron chi connectivity index (χ1n) is 8.77. The van der Waals surface area contributed by atoms with E-state index in [4.69, 9.17) is 0 Å². The average molecular weight is 367 g/mol. The number of pyridine rings is 2. The molecule has 0 aliphatic heterocycles.